The Bertz CT molecular complexity index is 485. The summed E-state index contributed by atoms with van der Waals surface area (Å²) in [7, 11) is 2.04. The summed E-state index contributed by atoms with van der Waals surface area (Å²) in [6.07, 6.45) is 1.81. The van der Waals surface area contributed by atoms with E-state index in [1.165, 1.54) is 6.07 Å². The number of hydrogen-bond donors (Lipinski definition) is 3. The number of anilines is 2. The molecular formula is C13H18FN3O2. The maximum Gasteiger partial charge on any atom is 0.337 e. The number of halogens is 1. The molecule has 1 aliphatic rings. The van der Waals surface area contributed by atoms with E-state index in [0.717, 1.165) is 32.0 Å². The quantitative estimate of drug-likeness (QED) is 0.725. The fourth-order valence-corrected chi connectivity index (χ4v) is 2.26. The maximum absolute atomic E-state index is 13.8. The Kier molecular flexibility index (Phi) is 3.90. The standard InChI is InChI=1S/C13H18FN3O2/c1-17-4-2-8(3-5-17)16-12-6-9(13(18)19)11(15)7-10(12)14/h6-8,16H,2-5,15H2,1H3,(H,18,19). The number of carboxylic acid groups (broad SMARTS) is 1. The van der Waals surface area contributed by atoms with Crippen molar-refractivity contribution in [2.24, 2.45) is 0 Å². The van der Waals surface area contributed by atoms with Gasteiger partial charge in [0.1, 0.15) is 5.82 Å². The molecule has 104 valence electrons. The van der Waals surface area contributed by atoms with E-state index in [1.807, 2.05) is 7.05 Å². The number of aromatic carboxylic acids is 1. The SMILES string of the molecule is CN1CCC(Nc2cc(C(=O)O)c(N)cc2F)CC1. The van der Waals surface area contributed by atoms with Crippen LogP contribution in [0.2, 0.25) is 0 Å². The Morgan fingerprint density at radius 1 is 1.47 bits per heavy atom. The number of nitrogen functional groups attached to an aromatic ring is 1. The highest BCUT2D eigenvalue weighted by Gasteiger charge is 2.19. The van der Waals surface area contributed by atoms with Gasteiger partial charge in [-0.3, -0.25) is 0 Å². The predicted octanol–water partition coefficient (Wildman–Crippen LogP) is 1.61. The van der Waals surface area contributed by atoms with Crippen molar-refractivity contribution in [2.45, 2.75) is 18.9 Å². The average molecular weight is 267 g/mol. The maximum atomic E-state index is 13.8. The van der Waals surface area contributed by atoms with Crippen molar-refractivity contribution in [3.05, 3.63) is 23.5 Å². The second-order valence-corrected chi connectivity index (χ2v) is 4.95. The van der Waals surface area contributed by atoms with Crippen molar-refractivity contribution < 1.29 is 14.3 Å². The summed E-state index contributed by atoms with van der Waals surface area (Å²) in [4.78, 5) is 13.2. The summed E-state index contributed by atoms with van der Waals surface area (Å²) in [5, 5.41) is 12.1. The topological polar surface area (TPSA) is 78.6 Å². The van der Waals surface area contributed by atoms with E-state index in [4.69, 9.17) is 10.8 Å². The van der Waals surface area contributed by atoms with Gasteiger partial charge >= 0.3 is 5.97 Å². The fourth-order valence-electron chi connectivity index (χ4n) is 2.26. The van der Waals surface area contributed by atoms with E-state index in [-0.39, 0.29) is 23.0 Å². The number of nitrogens with zero attached hydrogens (tertiary/aromatic N) is 1. The van der Waals surface area contributed by atoms with Crippen LogP contribution in [0.15, 0.2) is 12.1 Å². The summed E-state index contributed by atoms with van der Waals surface area (Å²) in [6.45, 7) is 1.89. The van der Waals surface area contributed by atoms with Crippen LogP contribution in [-0.4, -0.2) is 42.2 Å². The average Bonchev–Trinajstić information content (AvgIpc) is 2.34. The van der Waals surface area contributed by atoms with Gasteiger partial charge in [-0.1, -0.05) is 0 Å². The van der Waals surface area contributed by atoms with Gasteiger partial charge < -0.3 is 21.1 Å². The Morgan fingerprint density at radius 2 is 2.11 bits per heavy atom. The summed E-state index contributed by atoms with van der Waals surface area (Å²) in [5.41, 5.74) is 5.57. The van der Waals surface area contributed by atoms with Crippen LogP contribution >= 0.6 is 0 Å². The van der Waals surface area contributed by atoms with Gasteiger partial charge in [-0.05, 0) is 45.1 Å². The van der Waals surface area contributed by atoms with Crippen LogP contribution in [-0.2, 0) is 0 Å². The van der Waals surface area contributed by atoms with Gasteiger partial charge in [-0.2, -0.15) is 0 Å². The van der Waals surface area contributed by atoms with E-state index in [0.29, 0.717) is 0 Å². The van der Waals surface area contributed by atoms with Gasteiger partial charge in [0.2, 0.25) is 0 Å². The number of nitrogens with one attached hydrogen (secondary N) is 1. The summed E-state index contributed by atoms with van der Waals surface area (Å²) < 4.78 is 13.8. The highest BCUT2D eigenvalue weighted by atomic mass is 19.1. The molecule has 0 saturated carbocycles. The molecule has 0 aromatic heterocycles. The summed E-state index contributed by atoms with van der Waals surface area (Å²) in [5.74, 6) is -1.66. The second-order valence-electron chi connectivity index (χ2n) is 4.95. The molecule has 1 heterocycles. The molecular weight excluding hydrogens is 249 g/mol. The lowest BCUT2D eigenvalue weighted by atomic mass is 10.0. The van der Waals surface area contributed by atoms with Gasteiger partial charge in [0.25, 0.3) is 0 Å². The van der Waals surface area contributed by atoms with Crippen molar-refractivity contribution in [3.63, 3.8) is 0 Å². The lowest BCUT2D eigenvalue weighted by Crippen LogP contribution is -2.36. The summed E-state index contributed by atoms with van der Waals surface area (Å²) in [6, 6.07) is 2.49. The highest BCUT2D eigenvalue weighted by Crippen LogP contribution is 2.24. The number of benzene rings is 1. The molecule has 1 aliphatic heterocycles. The predicted molar refractivity (Wildman–Crippen MR) is 71.9 cm³/mol. The third kappa shape index (κ3) is 3.14. The van der Waals surface area contributed by atoms with Crippen LogP contribution in [0.25, 0.3) is 0 Å². The normalized spacial score (nSPS) is 17.4. The molecule has 0 amide bonds. The van der Waals surface area contributed by atoms with E-state index < -0.39 is 11.8 Å². The number of carboxylic acids is 1. The van der Waals surface area contributed by atoms with Gasteiger partial charge in [-0.25, -0.2) is 9.18 Å². The van der Waals surface area contributed by atoms with Crippen LogP contribution in [0.4, 0.5) is 15.8 Å². The van der Waals surface area contributed by atoms with Gasteiger partial charge in [-0.15, -0.1) is 0 Å². The largest absolute Gasteiger partial charge is 0.478 e. The number of hydrogen-bond acceptors (Lipinski definition) is 4. The minimum Gasteiger partial charge on any atom is -0.478 e. The van der Waals surface area contributed by atoms with Gasteiger partial charge in [0, 0.05) is 11.7 Å². The molecule has 1 aromatic rings. The molecule has 1 aromatic carbocycles. The zero-order valence-corrected chi connectivity index (χ0v) is 10.8. The van der Waals surface area contributed by atoms with E-state index in [2.05, 4.69) is 10.2 Å². The molecule has 4 N–H and O–H groups in total. The highest BCUT2D eigenvalue weighted by molar-refractivity contribution is 5.94. The molecule has 1 fully saturated rings. The van der Waals surface area contributed by atoms with Crippen molar-refractivity contribution in [1.82, 2.24) is 4.90 Å². The molecule has 0 radical (unpaired) electrons. The lowest BCUT2D eigenvalue weighted by molar-refractivity contribution is 0.0698. The van der Waals surface area contributed by atoms with E-state index in [1.54, 1.807) is 0 Å². The number of likely N-dealkylation sites (tertiary alicyclic amines) is 1. The smallest absolute Gasteiger partial charge is 0.337 e. The molecule has 2 rings (SSSR count). The third-order valence-corrected chi connectivity index (χ3v) is 3.45. The molecule has 0 bridgehead atoms. The Balaban J connectivity index is 2.15. The minimum absolute atomic E-state index is 0.0565. The zero-order chi connectivity index (χ0) is 14.0. The number of nitrogens with two attached hydrogens (primary N) is 1. The van der Waals surface area contributed by atoms with Crippen LogP contribution in [0.1, 0.15) is 23.2 Å². The monoisotopic (exact) mass is 267 g/mol. The van der Waals surface area contributed by atoms with E-state index >= 15 is 0 Å². The van der Waals surface area contributed by atoms with E-state index in [9.17, 15) is 9.18 Å². The molecule has 6 heteroatoms. The van der Waals surface area contributed by atoms with Crippen molar-refractivity contribution in [2.75, 3.05) is 31.2 Å². The Morgan fingerprint density at radius 3 is 2.68 bits per heavy atom. The first-order valence-electron chi connectivity index (χ1n) is 6.24. The van der Waals surface area contributed by atoms with Gasteiger partial charge in [0.05, 0.1) is 11.3 Å². The molecule has 0 unspecified atom stereocenters. The van der Waals surface area contributed by atoms with Crippen molar-refractivity contribution in [3.8, 4) is 0 Å². The molecule has 0 spiro atoms. The molecule has 5 nitrogen and oxygen atoms in total. The van der Waals surface area contributed by atoms with Crippen LogP contribution < -0.4 is 11.1 Å². The first kappa shape index (κ1) is 13.6. The fraction of sp³-hybridized carbons (Fsp3) is 0.462. The van der Waals surface area contributed by atoms with Crippen LogP contribution in [0, 0.1) is 5.82 Å². The molecule has 19 heavy (non-hydrogen) atoms. The molecule has 0 aliphatic carbocycles. The Labute approximate surface area is 111 Å². The third-order valence-electron chi connectivity index (χ3n) is 3.45. The lowest BCUT2D eigenvalue weighted by Gasteiger charge is -2.30. The van der Waals surface area contributed by atoms with Crippen molar-refractivity contribution in [1.29, 1.82) is 0 Å². The number of carbonyl (C=O) groups is 1. The number of rotatable bonds is 3. The molecule has 1 saturated heterocycles. The zero-order valence-electron chi connectivity index (χ0n) is 10.8. The van der Waals surface area contributed by atoms with Gasteiger partial charge in [0.15, 0.2) is 0 Å². The summed E-state index contributed by atoms with van der Waals surface area (Å²) >= 11 is 0. The number of piperidine rings is 1. The first-order chi connectivity index (χ1) is 8.97. The van der Waals surface area contributed by atoms with Crippen LogP contribution in [0.3, 0.4) is 0 Å². The molecule has 0 atom stereocenters. The minimum atomic E-state index is -1.15. The Hall–Kier alpha value is -1.82. The van der Waals surface area contributed by atoms with Crippen LogP contribution in [0.5, 0.6) is 0 Å². The van der Waals surface area contributed by atoms with Crippen molar-refractivity contribution >= 4 is 17.3 Å². The second kappa shape index (κ2) is 5.44. The first-order valence-corrected chi connectivity index (χ1v) is 6.24.